The van der Waals surface area contributed by atoms with Crippen molar-refractivity contribution in [3.05, 3.63) is 66.5 Å². The molecule has 3 aromatic heterocycles. The van der Waals surface area contributed by atoms with Crippen molar-refractivity contribution in [2.24, 2.45) is 14.1 Å². The molecule has 0 saturated heterocycles. The minimum Gasteiger partial charge on any atom is -0.337 e. The van der Waals surface area contributed by atoms with Gasteiger partial charge in [-0.25, -0.2) is 9.97 Å². The maximum absolute atomic E-state index is 4.47. The fraction of sp³-hybridized carbons (Fsp3) is 0.214. The third-order valence-corrected chi connectivity index (χ3v) is 3.22. The van der Waals surface area contributed by atoms with E-state index in [0.29, 0.717) is 0 Å². The molecule has 3 heterocycles. The van der Waals surface area contributed by atoms with Crippen LogP contribution in [0, 0.1) is 0 Å². The molecule has 19 heavy (non-hydrogen) atoms. The van der Waals surface area contributed by atoms with Crippen LogP contribution in [0.4, 0.5) is 0 Å². The van der Waals surface area contributed by atoms with Crippen molar-refractivity contribution in [1.29, 1.82) is 0 Å². The standard InChI is InChI=1S/C14H15N5/c1-18-9-7-16-13(18)12(11-5-3-4-6-15-11)14-17-8-10-19(14)2/h3-10,12H,1-2H3. The first-order chi connectivity index (χ1) is 9.27. The van der Waals surface area contributed by atoms with Gasteiger partial charge in [0, 0.05) is 45.1 Å². The van der Waals surface area contributed by atoms with Crippen LogP contribution in [0.1, 0.15) is 23.3 Å². The van der Waals surface area contributed by atoms with E-state index >= 15 is 0 Å². The van der Waals surface area contributed by atoms with Gasteiger partial charge < -0.3 is 9.13 Å². The molecule has 0 bridgehead atoms. The molecule has 0 aliphatic heterocycles. The van der Waals surface area contributed by atoms with E-state index < -0.39 is 0 Å². The summed E-state index contributed by atoms with van der Waals surface area (Å²) >= 11 is 0. The van der Waals surface area contributed by atoms with Gasteiger partial charge in [0.15, 0.2) is 0 Å². The molecule has 0 aliphatic rings. The van der Waals surface area contributed by atoms with Crippen LogP contribution < -0.4 is 0 Å². The Bertz CT molecular complexity index is 628. The van der Waals surface area contributed by atoms with Crippen molar-refractivity contribution >= 4 is 0 Å². The molecule has 3 rings (SSSR count). The molecule has 0 aromatic carbocycles. The molecule has 0 unspecified atom stereocenters. The molecule has 0 atom stereocenters. The van der Waals surface area contributed by atoms with E-state index in [0.717, 1.165) is 17.3 Å². The summed E-state index contributed by atoms with van der Waals surface area (Å²) in [6.45, 7) is 0. The lowest BCUT2D eigenvalue weighted by Gasteiger charge is -2.16. The third-order valence-electron chi connectivity index (χ3n) is 3.22. The average Bonchev–Trinajstić information content (AvgIpc) is 3.02. The molecule has 0 spiro atoms. The monoisotopic (exact) mass is 253 g/mol. The van der Waals surface area contributed by atoms with Crippen LogP contribution in [0.2, 0.25) is 0 Å². The Labute approximate surface area is 111 Å². The van der Waals surface area contributed by atoms with E-state index in [4.69, 9.17) is 0 Å². The highest BCUT2D eigenvalue weighted by atomic mass is 15.1. The first-order valence-electron chi connectivity index (χ1n) is 6.12. The van der Waals surface area contributed by atoms with E-state index in [1.807, 2.05) is 53.8 Å². The van der Waals surface area contributed by atoms with E-state index in [2.05, 4.69) is 15.0 Å². The summed E-state index contributed by atoms with van der Waals surface area (Å²) in [6.07, 6.45) is 9.28. The summed E-state index contributed by atoms with van der Waals surface area (Å²) in [5, 5.41) is 0. The molecule has 0 fully saturated rings. The van der Waals surface area contributed by atoms with Gasteiger partial charge in [-0.1, -0.05) is 6.07 Å². The highest BCUT2D eigenvalue weighted by Gasteiger charge is 2.25. The molecule has 0 saturated carbocycles. The largest absolute Gasteiger partial charge is 0.337 e. The number of rotatable bonds is 3. The molecule has 0 amide bonds. The zero-order valence-electron chi connectivity index (χ0n) is 10.9. The van der Waals surface area contributed by atoms with Crippen molar-refractivity contribution in [2.75, 3.05) is 0 Å². The van der Waals surface area contributed by atoms with Crippen molar-refractivity contribution in [1.82, 2.24) is 24.1 Å². The lowest BCUT2D eigenvalue weighted by molar-refractivity contribution is 0.680. The van der Waals surface area contributed by atoms with Crippen molar-refractivity contribution < 1.29 is 0 Å². The van der Waals surface area contributed by atoms with E-state index in [-0.39, 0.29) is 5.92 Å². The van der Waals surface area contributed by atoms with Crippen LogP contribution in [0.5, 0.6) is 0 Å². The van der Waals surface area contributed by atoms with E-state index in [1.165, 1.54) is 0 Å². The molecule has 0 radical (unpaired) electrons. The summed E-state index contributed by atoms with van der Waals surface area (Å²) < 4.78 is 4.02. The molecule has 96 valence electrons. The Balaban J connectivity index is 2.18. The number of imidazole rings is 2. The number of aromatic nitrogens is 5. The zero-order chi connectivity index (χ0) is 13.2. The first kappa shape index (κ1) is 11.6. The minimum absolute atomic E-state index is 0.0544. The fourth-order valence-electron chi connectivity index (χ4n) is 2.24. The van der Waals surface area contributed by atoms with Gasteiger partial charge >= 0.3 is 0 Å². The number of hydrogen-bond donors (Lipinski definition) is 0. The Hall–Kier alpha value is -2.43. The van der Waals surface area contributed by atoms with Crippen molar-refractivity contribution in [3.63, 3.8) is 0 Å². The highest BCUT2D eigenvalue weighted by molar-refractivity contribution is 5.28. The topological polar surface area (TPSA) is 48.5 Å². The number of aryl methyl sites for hydroxylation is 2. The van der Waals surface area contributed by atoms with Gasteiger partial charge in [0.25, 0.3) is 0 Å². The van der Waals surface area contributed by atoms with E-state index in [9.17, 15) is 0 Å². The quantitative estimate of drug-likeness (QED) is 0.714. The van der Waals surface area contributed by atoms with Gasteiger partial charge in [0.05, 0.1) is 5.69 Å². The fourth-order valence-corrected chi connectivity index (χ4v) is 2.24. The Kier molecular flexibility index (Phi) is 2.87. The predicted molar refractivity (Wildman–Crippen MR) is 71.6 cm³/mol. The molecular formula is C14H15N5. The first-order valence-corrected chi connectivity index (χ1v) is 6.12. The second-order valence-corrected chi connectivity index (χ2v) is 4.48. The number of pyridine rings is 1. The van der Waals surface area contributed by atoms with Gasteiger partial charge in [-0.2, -0.15) is 0 Å². The molecular weight excluding hydrogens is 238 g/mol. The molecule has 5 nitrogen and oxygen atoms in total. The zero-order valence-corrected chi connectivity index (χ0v) is 10.9. The molecule has 0 aliphatic carbocycles. The van der Waals surface area contributed by atoms with Crippen LogP contribution in [0.25, 0.3) is 0 Å². The SMILES string of the molecule is Cn1ccnc1C(c1ccccn1)c1nccn1C. The van der Waals surface area contributed by atoms with Crippen molar-refractivity contribution in [3.8, 4) is 0 Å². The normalized spacial score (nSPS) is 11.1. The van der Waals surface area contributed by atoms with Crippen LogP contribution in [0.3, 0.4) is 0 Å². The van der Waals surface area contributed by atoms with Gasteiger partial charge in [0.2, 0.25) is 0 Å². The second-order valence-electron chi connectivity index (χ2n) is 4.48. The van der Waals surface area contributed by atoms with E-state index in [1.54, 1.807) is 18.6 Å². The van der Waals surface area contributed by atoms with Gasteiger partial charge in [-0.3, -0.25) is 4.98 Å². The van der Waals surface area contributed by atoms with Gasteiger partial charge in [-0.05, 0) is 12.1 Å². The Morgan fingerprint density at radius 1 is 0.842 bits per heavy atom. The van der Waals surface area contributed by atoms with Gasteiger partial charge in [0.1, 0.15) is 17.6 Å². The maximum Gasteiger partial charge on any atom is 0.125 e. The highest BCUT2D eigenvalue weighted by Crippen LogP contribution is 2.27. The predicted octanol–water partition coefficient (Wildman–Crippen LogP) is 1.73. The van der Waals surface area contributed by atoms with Gasteiger partial charge in [-0.15, -0.1) is 0 Å². The molecule has 5 heteroatoms. The van der Waals surface area contributed by atoms with Crippen LogP contribution in [-0.2, 0) is 14.1 Å². The molecule has 0 N–H and O–H groups in total. The summed E-state index contributed by atoms with van der Waals surface area (Å²) in [6, 6.07) is 5.91. The summed E-state index contributed by atoms with van der Waals surface area (Å²) in [5.74, 6) is 1.82. The Morgan fingerprint density at radius 3 is 1.89 bits per heavy atom. The van der Waals surface area contributed by atoms with Crippen LogP contribution >= 0.6 is 0 Å². The lowest BCUT2D eigenvalue weighted by atomic mass is 10.0. The maximum atomic E-state index is 4.47. The minimum atomic E-state index is -0.0544. The third kappa shape index (κ3) is 2.03. The number of nitrogens with zero attached hydrogens (tertiary/aromatic N) is 5. The second kappa shape index (κ2) is 4.68. The smallest absolute Gasteiger partial charge is 0.125 e. The van der Waals surface area contributed by atoms with Crippen LogP contribution in [-0.4, -0.2) is 24.1 Å². The average molecular weight is 253 g/mol. The summed E-state index contributed by atoms with van der Waals surface area (Å²) in [7, 11) is 3.97. The summed E-state index contributed by atoms with van der Waals surface area (Å²) in [4.78, 5) is 13.4. The van der Waals surface area contributed by atoms with Crippen molar-refractivity contribution in [2.45, 2.75) is 5.92 Å². The molecule has 3 aromatic rings. The number of hydrogen-bond acceptors (Lipinski definition) is 3. The lowest BCUT2D eigenvalue weighted by Crippen LogP contribution is -2.15. The Morgan fingerprint density at radius 2 is 1.47 bits per heavy atom. The van der Waals surface area contributed by atoms with Crippen LogP contribution in [0.15, 0.2) is 49.2 Å². The summed E-state index contributed by atoms with van der Waals surface area (Å²) in [5.41, 5.74) is 0.950.